The number of rotatable bonds is 6. The maximum atomic E-state index is 13.0. The van der Waals surface area contributed by atoms with Crippen LogP contribution in [0.2, 0.25) is 0 Å². The Hall–Kier alpha value is -1.68. The van der Waals surface area contributed by atoms with Gasteiger partial charge in [-0.3, -0.25) is 4.79 Å². The first-order valence-electron chi connectivity index (χ1n) is 6.71. The summed E-state index contributed by atoms with van der Waals surface area (Å²) < 4.78 is 13.0. The van der Waals surface area contributed by atoms with E-state index in [1.807, 2.05) is 20.8 Å². The highest BCUT2D eigenvalue weighted by molar-refractivity contribution is 5.78. The number of hydrogen-bond acceptors (Lipinski definition) is 2. The molecule has 0 aliphatic heterocycles. The lowest BCUT2D eigenvalue weighted by Gasteiger charge is -2.32. The van der Waals surface area contributed by atoms with Crippen molar-refractivity contribution in [2.75, 3.05) is 13.1 Å². The predicted octanol–water partition coefficient (Wildman–Crippen LogP) is 2.80. The predicted molar refractivity (Wildman–Crippen MR) is 79.8 cm³/mol. The van der Waals surface area contributed by atoms with Gasteiger partial charge in [0.15, 0.2) is 0 Å². The fraction of sp³-hybridized carbons (Fsp3) is 0.438. The molecule has 0 saturated carbocycles. The molecule has 0 fully saturated rings. The number of hydrogen-bond donors (Lipinski definition) is 2. The second-order valence-corrected chi connectivity index (χ2v) is 5.84. The van der Waals surface area contributed by atoms with Gasteiger partial charge < -0.3 is 10.6 Å². The van der Waals surface area contributed by atoms with Gasteiger partial charge in [-0.2, -0.15) is 0 Å². The van der Waals surface area contributed by atoms with E-state index in [0.29, 0.717) is 6.54 Å². The molecule has 0 spiro atoms. The number of amides is 1. The van der Waals surface area contributed by atoms with E-state index in [1.54, 1.807) is 18.2 Å². The monoisotopic (exact) mass is 278 g/mol. The minimum Gasteiger partial charge on any atom is -0.348 e. The second kappa shape index (κ2) is 7.20. The van der Waals surface area contributed by atoms with E-state index in [0.717, 1.165) is 5.56 Å². The molecule has 1 rings (SSSR count). The van der Waals surface area contributed by atoms with Crippen molar-refractivity contribution in [3.63, 3.8) is 0 Å². The number of benzene rings is 1. The molecule has 0 heterocycles. The zero-order valence-corrected chi connectivity index (χ0v) is 12.4. The number of carbonyl (C=O) groups excluding carboxylic acids is 1. The third-order valence-corrected chi connectivity index (χ3v) is 2.95. The van der Waals surface area contributed by atoms with Crippen molar-refractivity contribution in [1.82, 2.24) is 10.6 Å². The van der Waals surface area contributed by atoms with Crippen LogP contribution in [-0.4, -0.2) is 19.0 Å². The molecule has 0 aliphatic rings. The summed E-state index contributed by atoms with van der Waals surface area (Å²) >= 11 is 0. The quantitative estimate of drug-likeness (QED) is 0.620. The highest BCUT2D eigenvalue weighted by atomic mass is 19.1. The van der Waals surface area contributed by atoms with Crippen LogP contribution in [0.5, 0.6) is 0 Å². The van der Waals surface area contributed by atoms with Gasteiger partial charge in [0.25, 0.3) is 0 Å². The number of nitrogens with one attached hydrogen (secondary N) is 2. The Balaban J connectivity index is 2.78. The lowest BCUT2D eigenvalue weighted by atomic mass is 9.82. The zero-order chi connectivity index (χ0) is 15.2. The summed E-state index contributed by atoms with van der Waals surface area (Å²) in [6, 6.07) is 6.08. The van der Waals surface area contributed by atoms with Crippen molar-refractivity contribution in [3.05, 3.63) is 48.3 Å². The maximum Gasteiger partial charge on any atom is 0.234 e. The number of carbonyl (C=O) groups is 1. The molecule has 1 aromatic rings. The third kappa shape index (κ3) is 5.13. The zero-order valence-electron chi connectivity index (χ0n) is 12.4. The van der Waals surface area contributed by atoms with Crippen molar-refractivity contribution in [2.45, 2.75) is 26.8 Å². The van der Waals surface area contributed by atoms with Crippen molar-refractivity contribution >= 4 is 5.91 Å². The molecule has 1 aromatic carbocycles. The smallest absolute Gasteiger partial charge is 0.234 e. The Labute approximate surface area is 120 Å². The van der Waals surface area contributed by atoms with Crippen LogP contribution in [0.3, 0.4) is 0 Å². The van der Waals surface area contributed by atoms with Crippen LogP contribution in [0.1, 0.15) is 32.4 Å². The Bertz CT molecular complexity index is 449. The Morgan fingerprint density at radius 3 is 2.45 bits per heavy atom. The molecule has 0 aromatic heterocycles. The Morgan fingerprint density at radius 2 is 1.95 bits per heavy atom. The van der Waals surface area contributed by atoms with Gasteiger partial charge in [-0.1, -0.05) is 39.0 Å². The lowest BCUT2D eigenvalue weighted by Crippen LogP contribution is -2.41. The fourth-order valence-electron chi connectivity index (χ4n) is 1.95. The molecule has 2 N–H and O–H groups in total. The van der Waals surface area contributed by atoms with Gasteiger partial charge in [-0.05, 0) is 23.1 Å². The molecular weight excluding hydrogens is 255 g/mol. The molecule has 3 nitrogen and oxygen atoms in total. The minimum absolute atomic E-state index is 0.0869. The van der Waals surface area contributed by atoms with Gasteiger partial charge in [0.1, 0.15) is 5.82 Å². The average molecular weight is 278 g/mol. The maximum absolute atomic E-state index is 13.0. The van der Waals surface area contributed by atoms with E-state index in [9.17, 15) is 9.18 Å². The second-order valence-electron chi connectivity index (χ2n) is 5.84. The SMILES string of the molecule is C=CCNCC(=O)NC(c1ccc(F)cc1)C(C)(C)C. The highest BCUT2D eigenvalue weighted by Gasteiger charge is 2.27. The van der Waals surface area contributed by atoms with E-state index < -0.39 is 0 Å². The van der Waals surface area contributed by atoms with Crippen LogP contribution in [0, 0.1) is 11.2 Å². The Morgan fingerprint density at radius 1 is 1.35 bits per heavy atom. The van der Waals surface area contributed by atoms with E-state index in [2.05, 4.69) is 17.2 Å². The first kappa shape index (κ1) is 16.4. The standard InChI is InChI=1S/C16H23FN2O/c1-5-10-18-11-14(20)19-15(16(2,3)4)12-6-8-13(17)9-7-12/h5-9,15,18H,1,10-11H2,2-4H3,(H,19,20). The average Bonchev–Trinajstić information content (AvgIpc) is 2.36. The van der Waals surface area contributed by atoms with E-state index in [1.165, 1.54) is 12.1 Å². The van der Waals surface area contributed by atoms with Gasteiger partial charge in [0.2, 0.25) is 5.91 Å². The summed E-state index contributed by atoms with van der Waals surface area (Å²) in [5, 5.41) is 5.96. The van der Waals surface area contributed by atoms with Crippen LogP contribution < -0.4 is 10.6 Å². The summed E-state index contributed by atoms with van der Waals surface area (Å²) in [7, 11) is 0. The molecule has 110 valence electrons. The molecule has 0 aliphatic carbocycles. The molecule has 4 heteroatoms. The van der Waals surface area contributed by atoms with Crippen LogP contribution in [0.15, 0.2) is 36.9 Å². The summed E-state index contributed by atoms with van der Waals surface area (Å²) in [6.45, 7) is 10.5. The van der Waals surface area contributed by atoms with Crippen molar-refractivity contribution in [3.8, 4) is 0 Å². The molecular formula is C16H23FN2O. The van der Waals surface area contributed by atoms with Gasteiger partial charge in [0, 0.05) is 6.54 Å². The number of halogens is 1. The van der Waals surface area contributed by atoms with Crippen molar-refractivity contribution in [2.24, 2.45) is 5.41 Å². The first-order valence-corrected chi connectivity index (χ1v) is 6.71. The minimum atomic E-state index is -0.277. The largest absolute Gasteiger partial charge is 0.348 e. The summed E-state index contributed by atoms with van der Waals surface area (Å²) in [5.74, 6) is -0.364. The lowest BCUT2D eigenvalue weighted by molar-refractivity contribution is -0.121. The molecule has 0 bridgehead atoms. The van der Waals surface area contributed by atoms with E-state index >= 15 is 0 Å². The highest BCUT2D eigenvalue weighted by Crippen LogP contribution is 2.32. The van der Waals surface area contributed by atoms with Crippen molar-refractivity contribution in [1.29, 1.82) is 0 Å². The molecule has 20 heavy (non-hydrogen) atoms. The van der Waals surface area contributed by atoms with Crippen LogP contribution in [0.4, 0.5) is 4.39 Å². The van der Waals surface area contributed by atoms with Crippen LogP contribution in [-0.2, 0) is 4.79 Å². The van der Waals surface area contributed by atoms with Crippen LogP contribution >= 0.6 is 0 Å². The third-order valence-electron chi connectivity index (χ3n) is 2.95. The van der Waals surface area contributed by atoms with Gasteiger partial charge in [-0.15, -0.1) is 6.58 Å². The van der Waals surface area contributed by atoms with Crippen LogP contribution in [0.25, 0.3) is 0 Å². The van der Waals surface area contributed by atoms with Gasteiger partial charge >= 0.3 is 0 Å². The summed E-state index contributed by atoms with van der Waals surface area (Å²) in [4.78, 5) is 11.9. The van der Waals surface area contributed by atoms with Crippen molar-refractivity contribution < 1.29 is 9.18 Å². The summed E-state index contributed by atoms with van der Waals surface area (Å²) in [6.07, 6.45) is 1.70. The molecule has 1 unspecified atom stereocenters. The fourth-order valence-corrected chi connectivity index (χ4v) is 1.95. The molecule has 0 radical (unpaired) electrons. The summed E-state index contributed by atoms with van der Waals surface area (Å²) in [5.41, 5.74) is 0.738. The topological polar surface area (TPSA) is 41.1 Å². The van der Waals surface area contributed by atoms with Gasteiger partial charge in [0.05, 0.1) is 12.6 Å². The normalized spacial score (nSPS) is 12.8. The Kier molecular flexibility index (Phi) is 5.89. The molecule has 0 saturated heterocycles. The molecule has 1 amide bonds. The van der Waals surface area contributed by atoms with Gasteiger partial charge in [-0.25, -0.2) is 4.39 Å². The van der Waals surface area contributed by atoms with E-state index in [-0.39, 0.29) is 29.7 Å². The molecule has 1 atom stereocenters. The first-order chi connectivity index (χ1) is 9.34. The van der Waals surface area contributed by atoms with E-state index in [4.69, 9.17) is 0 Å².